The molecule has 3 rings (SSSR count). The van der Waals surface area contributed by atoms with Crippen LogP contribution in [0.3, 0.4) is 0 Å². The highest BCUT2D eigenvalue weighted by Crippen LogP contribution is 2.36. The van der Waals surface area contributed by atoms with Crippen LogP contribution < -0.4 is 10.5 Å². The van der Waals surface area contributed by atoms with Crippen molar-refractivity contribution in [3.63, 3.8) is 0 Å². The predicted octanol–water partition coefficient (Wildman–Crippen LogP) is 3.90. The highest BCUT2D eigenvalue weighted by molar-refractivity contribution is 8.26. The van der Waals surface area contributed by atoms with Gasteiger partial charge in [0, 0.05) is 31.7 Å². The summed E-state index contributed by atoms with van der Waals surface area (Å²) in [7, 11) is 0. The van der Waals surface area contributed by atoms with E-state index in [1.54, 1.807) is 16.4 Å². The van der Waals surface area contributed by atoms with E-state index in [2.05, 4.69) is 17.9 Å². The number of anilines is 1. The zero-order valence-electron chi connectivity index (χ0n) is 18.0. The van der Waals surface area contributed by atoms with Gasteiger partial charge in [0.15, 0.2) is 0 Å². The molecule has 0 radical (unpaired) electrons. The van der Waals surface area contributed by atoms with Gasteiger partial charge in [0.2, 0.25) is 0 Å². The number of pyridine rings is 1. The minimum absolute atomic E-state index is 0.114. The second-order valence-electron chi connectivity index (χ2n) is 7.90. The molecule has 0 aliphatic carbocycles. The molecule has 160 valence electrons. The summed E-state index contributed by atoms with van der Waals surface area (Å²) < 4.78 is 2.27. The van der Waals surface area contributed by atoms with E-state index in [-0.39, 0.29) is 17.0 Å². The summed E-state index contributed by atoms with van der Waals surface area (Å²) in [6.45, 7) is 10.7. The Balaban J connectivity index is 2.25. The van der Waals surface area contributed by atoms with Crippen LogP contribution in [0, 0.1) is 24.2 Å². The summed E-state index contributed by atoms with van der Waals surface area (Å²) in [6.07, 6.45) is 4.72. The molecular formula is C22H28N4O2S2. The minimum atomic E-state index is -0.247. The Bertz CT molecular complexity index is 998. The lowest BCUT2D eigenvalue weighted by atomic mass is 9.97. The van der Waals surface area contributed by atoms with Crippen LogP contribution >= 0.6 is 24.0 Å². The Labute approximate surface area is 187 Å². The van der Waals surface area contributed by atoms with E-state index >= 15 is 0 Å². The van der Waals surface area contributed by atoms with Gasteiger partial charge in [-0.3, -0.25) is 19.1 Å². The van der Waals surface area contributed by atoms with Crippen LogP contribution in [-0.4, -0.2) is 39.3 Å². The van der Waals surface area contributed by atoms with Gasteiger partial charge in [0.05, 0.1) is 4.91 Å². The number of carbonyl (C=O) groups is 1. The molecule has 0 spiro atoms. The van der Waals surface area contributed by atoms with Crippen molar-refractivity contribution in [3.8, 4) is 6.07 Å². The number of thioether (sulfide) groups is 1. The van der Waals surface area contributed by atoms with E-state index in [4.69, 9.17) is 12.2 Å². The van der Waals surface area contributed by atoms with Crippen molar-refractivity contribution in [2.24, 2.45) is 5.92 Å². The second kappa shape index (κ2) is 9.36. The summed E-state index contributed by atoms with van der Waals surface area (Å²) in [5, 5.41) is 9.69. The standard InChI is InChI=1S/C22H28N4O2S2/c1-5-9-26-19(24-10-7-14(3)8-11-24)16(15(4)17(13-23)20(26)27)12-18-21(28)25(6-2)22(29)30-18/h12,14H,5-11H2,1-4H3/b18-12-. The smallest absolute Gasteiger partial charge is 0.270 e. The van der Waals surface area contributed by atoms with Crippen molar-refractivity contribution < 1.29 is 4.79 Å². The van der Waals surface area contributed by atoms with E-state index < -0.39 is 0 Å². The third kappa shape index (κ3) is 4.06. The summed E-state index contributed by atoms with van der Waals surface area (Å²) in [5.41, 5.74) is 1.31. The SMILES string of the molecule is CCCn1c(N2CCC(C)CC2)c(/C=C2\SC(=S)N(CC)C2=O)c(C)c(C#N)c1=O. The zero-order valence-corrected chi connectivity index (χ0v) is 19.7. The van der Waals surface area contributed by atoms with Crippen molar-refractivity contribution in [1.29, 1.82) is 5.26 Å². The maximum atomic E-state index is 13.1. The van der Waals surface area contributed by atoms with Gasteiger partial charge in [-0.25, -0.2) is 0 Å². The maximum Gasteiger partial charge on any atom is 0.270 e. The van der Waals surface area contributed by atoms with Crippen molar-refractivity contribution >= 4 is 46.1 Å². The Hall–Kier alpha value is -2.11. The molecule has 6 nitrogen and oxygen atoms in total. The topological polar surface area (TPSA) is 69.3 Å². The molecule has 0 aromatic carbocycles. The molecular weight excluding hydrogens is 416 g/mol. The Morgan fingerprint density at radius 2 is 1.93 bits per heavy atom. The van der Waals surface area contributed by atoms with E-state index in [1.165, 1.54) is 11.8 Å². The maximum absolute atomic E-state index is 13.1. The molecule has 0 N–H and O–H groups in total. The number of nitriles is 1. The molecule has 30 heavy (non-hydrogen) atoms. The van der Waals surface area contributed by atoms with Crippen LogP contribution in [0.2, 0.25) is 0 Å². The van der Waals surface area contributed by atoms with Crippen LogP contribution in [0.25, 0.3) is 6.08 Å². The van der Waals surface area contributed by atoms with Crippen LogP contribution in [0.1, 0.15) is 56.7 Å². The lowest BCUT2D eigenvalue weighted by Crippen LogP contribution is -2.39. The molecule has 1 amide bonds. The normalized spacial score (nSPS) is 19.1. The summed E-state index contributed by atoms with van der Waals surface area (Å²) >= 11 is 6.64. The van der Waals surface area contributed by atoms with Crippen molar-refractivity contribution in [2.75, 3.05) is 24.5 Å². The van der Waals surface area contributed by atoms with E-state index in [1.807, 2.05) is 19.9 Å². The molecule has 3 heterocycles. The van der Waals surface area contributed by atoms with E-state index in [9.17, 15) is 14.9 Å². The number of likely N-dealkylation sites (N-methyl/N-ethyl adjacent to an activating group) is 1. The number of carbonyl (C=O) groups excluding carboxylic acids is 1. The first-order chi connectivity index (χ1) is 14.3. The monoisotopic (exact) mass is 444 g/mol. The molecule has 0 unspecified atom stereocenters. The molecule has 8 heteroatoms. The first kappa shape index (κ1) is 22.6. The van der Waals surface area contributed by atoms with Crippen LogP contribution in [0.4, 0.5) is 5.82 Å². The van der Waals surface area contributed by atoms with Crippen molar-refractivity contribution in [3.05, 3.63) is 31.9 Å². The third-order valence-electron chi connectivity index (χ3n) is 5.84. The fourth-order valence-corrected chi connectivity index (χ4v) is 5.41. The fraction of sp³-hybridized carbons (Fsp3) is 0.545. The number of hydrogen-bond donors (Lipinski definition) is 0. The second-order valence-corrected chi connectivity index (χ2v) is 9.58. The van der Waals surface area contributed by atoms with Gasteiger partial charge in [0.25, 0.3) is 11.5 Å². The lowest BCUT2D eigenvalue weighted by Gasteiger charge is -2.35. The first-order valence-corrected chi connectivity index (χ1v) is 11.7. The number of hydrogen-bond acceptors (Lipinski definition) is 6. The number of nitrogens with zero attached hydrogens (tertiary/aromatic N) is 4. The minimum Gasteiger partial charge on any atom is -0.357 e. The quantitative estimate of drug-likeness (QED) is 0.507. The molecule has 1 aromatic heterocycles. The number of amides is 1. The van der Waals surface area contributed by atoms with Gasteiger partial charge in [0.1, 0.15) is 21.8 Å². The predicted molar refractivity (Wildman–Crippen MR) is 127 cm³/mol. The number of rotatable bonds is 5. The van der Waals surface area contributed by atoms with Gasteiger partial charge < -0.3 is 4.90 Å². The number of aromatic nitrogens is 1. The van der Waals surface area contributed by atoms with E-state index in [0.717, 1.165) is 43.7 Å². The summed E-state index contributed by atoms with van der Waals surface area (Å²) in [5.74, 6) is 1.36. The average Bonchev–Trinajstić information content (AvgIpc) is 2.99. The Morgan fingerprint density at radius 1 is 1.27 bits per heavy atom. The molecule has 0 atom stereocenters. The molecule has 2 aliphatic rings. The molecule has 0 bridgehead atoms. The fourth-order valence-electron chi connectivity index (χ4n) is 4.04. The highest BCUT2D eigenvalue weighted by Gasteiger charge is 2.32. The summed E-state index contributed by atoms with van der Waals surface area (Å²) in [6, 6.07) is 2.10. The van der Waals surface area contributed by atoms with Crippen LogP contribution in [-0.2, 0) is 11.3 Å². The van der Waals surface area contributed by atoms with Gasteiger partial charge >= 0.3 is 0 Å². The number of piperidine rings is 1. The van der Waals surface area contributed by atoms with Gasteiger partial charge in [-0.1, -0.05) is 37.8 Å². The Kier molecular flexibility index (Phi) is 7.04. The van der Waals surface area contributed by atoms with Gasteiger partial charge in [-0.15, -0.1) is 0 Å². The van der Waals surface area contributed by atoms with E-state index in [0.29, 0.717) is 33.8 Å². The average molecular weight is 445 g/mol. The third-order valence-corrected chi connectivity index (χ3v) is 7.22. The molecule has 2 saturated heterocycles. The molecule has 0 saturated carbocycles. The Morgan fingerprint density at radius 3 is 2.47 bits per heavy atom. The molecule has 1 aromatic rings. The van der Waals surface area contributed by atoms with Gasteiger partial charge in [-0.05, 0) is 50.7 Å². The van der Waals surface area contributed by atoms with Crippen molar-refractivity contribution in [2.45, 2.75) is 53.5 Å². The zero-order chi connectivity index (χ0) is 22.0. The molecule has 2 fully saturated rings. The van der Waals surface area contributed by atoms with Crippen LogP contribution in [0.5, 0.6) is 0 Å². The molecule has 2 aliphatic heterocycles. The number of thiocarbonyl (C=S) groups is 1. The van der Waals surface area contributed by atoms with Crippen LogP contribution in [0.15, 0.2) is 9.70 Å². The van der Waals surface area contributed by atoms with Crippen molar-refractivity contribution in [1.82, 2.24) is 9.47 Å². The van der Waals surface area contributed by atoms with Gasteiger partial charge in [-0.2, -0.15) is 5.26 Å². The highest BCUT2D eigenvalue weighted by atomic mass is 32.2. The largest absolute Gasteiger partial charge is 0.357 e. The lowest BCUT2D eigenvalue weighted by molar-refractivity contribution is -0.121. The first-order valence-electron chi connectivity index (χ1n) is 10.5. The summed E-state index contributed by atoms with van der Waals surface area (Å²) in [4.78, 5) is 30.3.